The van der Waals surface area contributed by atoms with E-state index in [0.29, 0.717) is 5.39 Å². The molecule has 0 N–H and O–H groups in total. The van der Waals surface area contributed by atoms with Crippen molar-refractivity contribution in [1.29, 1.82) is 0 Å². The molecule has 0 aliphatic carbocycles. The van der Waals surface area contributed by atoms with Gasteiger partial charge in [-0.1, -0.05) is 30.8 Å². The minimum absolute atomic E-state index is 0.0434. The van der Waals surface area contributed by atoms with Gasteiger partial charge < -0.3 is 0 Å². The first-order valence-corrected chi connectivity index (χ1v) is 9.51. The molecule has 0 saturated carbocycles. The van der Waals surface area contributed by atoms with Gasteiger partial charge in [0.1, 0.15) is 0 Å². The summed E-state index contributed by atoms with van der Waals surface area (Å²) >= 11 is 3.23. The number of rotatable bonds is 5. The number of aryl methyl sites for hydroxylation is 1. The summed E-state index contributed by atoms with van der Waals surface area (Å²) in [6.45, 7) is 6.15. The summed E-state index contributed by atoms with van der Waals surface area (Å²) in [5, 5.41) is 4.58. The fraction of sp³-hybridized carbons (Fsp3) is 0.353. The fourth-order valence-electron chi connectivity index (χ4n) is 2.41. The standard InChI is InChI=1S/C17H19N3OS2/c1-4-11(2)20-16(21)14-7-5-6-8-15(14)19-17(20)23-10-13-9-22-12(3)18-13/h5-9,11H,4,10H2,1-3H3/t11-/m1/s1. The second-order valence-electron chi connectivity index (χ2n) is 5.49. The highest BCUT2D eigenvalue weighted by Gasteiger charge is 2.15. The molecule has 0 spiro atoms. The first kappa shape index (κ1) is 16.2. The first-order valence-electron chi connectivity index (χ1n) is 7.65. The predicted octanol–water partition coefficient (Wildman–Crippen LogP) is 4.42. The average molecular weight is 345 g/mol. The number of thiazole rings is 1. The summed E-state index contributed by atoms with van der Waals surface area (Å²) in [6, 6.07) is 7.67. The van der Waals surface area contributed by atoms with Gasteiger partial charge >= 0.3 is 0 Å². The van der Waals surface area contributed by atoms with Crippen LogP contribution in [0.2, 0.25) is 0 Å². The summed E-state index contributed by atoms with van der Waals surface area (Å²) in [5.41, 5.74) is 1.84. The molecule has 0 fully saturated rings. The van der Waals surface area contributed by atoms with E-state index in [0.717, 1.165) is 33.5 Å². The molecule has 0 aliphatic heterocycles. The van der Waals surface area contributed by atoms with Gasteiger partial charge in [-0.15, -0.1) is 11.3 Å². The maximum absolute atomic E-state index is 12.9. The smallest absolute Gasteiger partial charge is 0.262 e. The first-order chi connectivity index (χ1) is 11.1. The molecule has 1 atom stereocenters. The number of thioether (sulfide) groups is 1. The van der Waals surface area contributed by atoms with Crippen molar-refractivity contribution in [2.45, 2.75) is 44.1 Å². The molecule has 6 heteroatoms. The summed E-state index contributed by atoms with van der Waals surface area (Å²) in [5.74, 6) is 0.728. The Hall–Kier alpha value is -1.66. The van der Waals surface area contributed by atoms with E-state index in [1.807, 2.05) is 35.8 Å². The molecule has 0 radical (unpaired) electrons. The topological polar surface area (TPSA) is 47.8 Å². The molecule has 4 nitrogen and oxygen atoms in total. The molecule has 3 rings (SSSR count). The molecule has 0 amide bonds. The molecule has 1 aromatic carbocycles. The summed E-state index contributed by atoms with van der Waals surface area (Å²) in [7, 11) is 0. The highest BCUT2D eigenvalue weighted by molar-refractivity contribution is 7.98. The van der Waals surface area contributed by atoms with Gasteiger partial charge in [-0.05, 0) is 32.4 Å². The van der Waals surface area contributed by atoms with E-state index >= 15 is 0 Å². The molecule has 2 aromatic heterocycles. The van der Waals surface area contributed by atoms with Crippen LogP contribution in [-0.4, -0.2) is 14.5 Å². The number of nitrogens with zero attached hydrogens (tertiary/aromatic N) is 3. The van der Waals surface area contributed by atoms with E-state index in [2.05, 4.69) is 24.2 Å². The van der Waals surface area contributed by atoms with E-state index in [9.17, 15) is 4.79 Å². The van der Waals surface area contributed by atoms with Crippen molar-refractivity contribution in [1.82, 2.24) is 14.5 Å². The lowest BCUT2D eigenvalue weighted by atomic mass is 10.2. The number of para-hydroxylation sites is 1. The van der Waals surface area contributed by atoms with Crippen LogP contribution in [0.1, 0.15) is 37.0 Å². The summed E-state index contributed by atoms with van der Waals surface area (Å²) < 4.78 is 1.83. The average Bonchev–Trinajstić information content (AvgIpc) is 2.98. The van der Waals surface area contributed by atoms with Crippen LogP contribution in [-0.2, 0) is 5.75 Å². The zero-order valence-electron chi connectivity index (χ0n) is 13.4. The molecule has 3 aromatic rings. The molecule has 0 unspecified atom stereocenters. The van der Waals surface area contributed by atoms with Crippen molar-refractivity contribution in [2.75, 3.05) is 0 Å². The minimum atomic E-state index is 0.0434. The molecule has 2 heterocycles. The van der Waals surface area contributed by atoms with Crippen molar-refractivity contribution < 1.29 is 0 Å². The SMILES string of the molecule is CC[C@@H](C)n1c(SCc2csc(C)n2)nc2ccccc2c1=O. The van der Waals surface area contributed by atoms with Crippen molar-refractivity contribution in [3.8, 4) is 0 Å². The minimum Gasteiger partial charge on any atom is -0.284 e. The fourth-order valence-corrected chi connectivity index (χ4v) is 4.12. The molecule has 23 heavy (non-hydrogen) atoms. The van der Waals surface area contributed by atoms with Crippen LogP contribution in [0.15, 0.2) is 39.6 Å². The van der Waals surface area contributed by atoms with Gasteiger partial charge in [0, 0.05) is 17.2 Å². The lowest BCUT2D eigenvalue weighted by Crippen LogP contribution is -2.26. The third-order valence-electron chi connectivity index (χ3n) is 3.82. The van der Waals surface area contributed by atoms with Gasteiger partial charge in [0.15, 0.2) is 5.16 Å². The second-order valence-corrected chi connectivity index (χ2v) is 7.50. The predicted molar refractivity (Wildman–Crippen MR) is 97.4 cm³/mol. The van der Waals surface area contributed by atoms with Crippen molar-refractivity contribution in [3.63, 3.8) is 0 Å². The molecular formula is C17H19N3OS2. The third kappa shape index (κ3) is 3.33. The van der Waals surface area contributed by atoms with E-state index in [4.69, 9.17) is 4.98 Å². The van der Waals surface area contributed by atoms with Crippen LogP contribution < -0.4 is 5.56 Å². The van der Waals surface area contributed by atoms with Gasteiger partial charge in [-0.25, -0.2) is 9.97 Å². The van der Waals surface area contributed by atoms with E-state index in [1.54, 1.807) is 23.1 Å². The highest BCUT2D eigenvalue weighted by Crippen LogP contribution is 2.25. The van der Waals surface area contributed by atoms with Crippen molar-refractivity contribution in [3.05, 3.63) is 50.7 Å². The van der Waals surface area contributed by atoms with Crippen molar-refractivity contribution >= 4 is 34.0 Å². The van der Waals surface area contributed by atoms with E-state index < -0.39 is 0 Å². The lowest BCUT2D eigenvalue weighted by molar-refractivity contribution is 0.468. The number of benzene rings is 1. The summed E-state index contributed by atoms with van der Waals surface area (Å²) in [6.07, 6.45) is 0.892. The maximum Gasteiger partial charge on any atom is 0.262 e. The van der Waals surface area contributed by atoms with Gasteiger partial charge in [0.05, 0.1) is 21.6 Å². The Kier molecular flexibility index (Phi) is 4.82. The summed E-state index contributed by atoms with van der Waals surface area (Å²) in [4.78, 5) is 22.1. The molecule has 0 bridgehead atoms. The Labute approximate surface area is 143 Å². The van der Waals surface area contributed by atoms with Crippen LogP contribution in [0, 0.1) is 6.92 Å². The monoisotopic (exact) mass is 345 g/mol. The van der Waals surface area contributed by atoms with Gasteiger partial charge in [0.2, 0.25) is 0 Å². The Morgan fingerprint density at radius 3 is 2.78 bits per heavy atom. The Morgan fingerprint density at radius 1 is 1.30 bits per heavy atom. The normalized spacial score (nSPS) is 12.7. The van der Waals surface area contributed by atoms with Gasteiger partial charge in [-0.3, -0.25) is 9.36 Å². The largest absolute Gasteiger partial charge is 0.284 e. The van der Waals surface area contributed by atoms with Gasteiger partial charge in [-0.2, -0.15) is 0 Å². The Balaban J connectivity index is 2.04. The van der Waals surface area contributed by atoms with E-state index in [1.165, 1.54) is 0 Å². The maximum atomic E-state index is 12.9. The third-order valence-corrected chi connectivity index (χ3v) is 5.63. The number of hydrogen-bond donors (Lipinski definition) is 0. The van der Waals surface area contributed by atoms with Gasteiger partial charge in [0.25, 0.3) is 5.56 Å². The zero-order valence-corrected chi connectivity index (χ0v) is 15.1. The quantitative estimate of drug-likeness (QED) is 0.507. The number of fused-ring (bicyclic) bond motifs is 1. The van der Waals surface area contributed by atoms with Crippen molar-refractivity contribution in [2.24, 2.45) is 0 Å². The van der Waals surface area contributed by atoms with Crippen LogP contribution in [0.3, 0.4) is 0 Å². The lowest BCUT2D eigenvalue weighted by Gasteiger charge is -2.18. The molecule has 120 valence electrons. The van der Waals surface area contributed by atoms with E-state index in [-0.39, 0.29) is 11.6 Å². The van der Waals surface area contributed by atoms with Crippen LogP contribution in [0.5, 0.6) is 0 Å². The molecular weight excluding hydrogens is 326 g/mol. The van der Waals surface area contributed by atoms with Crippen LogP contribution in [0.25, 0.3) is 10.9 Å². The second kappa shape index (κ2) is 6.84. The van der Waals surface area contributed by atoms with Crippen LogP contribution >= 0.6 is 23.1 Å². The number of aromatic nitrogens is 3. The number of hydrogen-bond acceptors (Lipinski definition) is 5. The zero-order chi connectivity index (χ0) is 16.4. The molecule has 0 saturated heterocycles. The Bertz CT molecular complexity index is 885. The highest BCUT2D eigenvalue weighted by atomic mass is 32.2. The molecule has 0 aliphatic rings. The Morgan fingerprint density at radius 2 is 2.09 bits per heavy atom. The van der Waals surface area contributed by atoms with Crippen LogP contribution in [0.4, 0.5) is 0 Å².